The van der Waals surface area contributed by atoms with Crippen molar-refractivity contribution in [3.63, 3.8) is 0 Å². The van der Waals surface area contributed by atoms with Crippen LogP contribution < -0.4 is 10.1 Å². The second-order valence-electron chi connectivity index (χ2n) is 5.99. The van der Waals surface area contributed by atoms with Crippen molar-refractivity contribution in [3.05, 3.63) is 98.1 Å². The minimum absolute atomic E-state index is 0.0348. The summed E-state index contributed by atoms with van der Waals surface area (Å²) < 4.78 is 19.6. The molecule has 11 heteroatoms. The average molecular weight is 412 g/mol. The lowest BCUT2D eigenvalue weighted by Gasteiger charge is -2.09. The number of non-ortho nitro benzene ring substituents is 2. The van der Waals surface area contributed by atoms with Crippen LogP contribution in [0, 0.1) is 26.0 Å². The summed E-state index contributed by atoms with van der Waals surface area (Å²) in [6.07, 6.45) is 2.97. The highest BCUT2D eigenvalue weighted by atomic mass is 19.1. The summed E-state index contributed by atoms with van der Waals surface area (Å²) in [5, 5.41) is 24.3. The number of hydrogen-bond donors (Lipinski definition) is 1. The molecule has 0 aliphatic heterocycles. The van der Waals surface area contributed by atoms with E-state index < -0.39 is 32.9 Å². The number of hydrogen-bond acceptors (Lipinski definition) is 7. The molecule has 0 saturated carbocycles. The van der Waals surface area contributed by atoms with Gasteiger partial charge < -0.3 is 10.1 Å². The molecule has 0 radical (unpaired) electrons. The number of nitro benzene ring substituents is 2. The van der Waals surface area contributed by atoms with E-state index in [-0.39, 0.29) is 17.9 Å². The standard InChI is InChI=1S/C19H13FN4O6/c20-17-6-12(3-4-18(17)30-16-2-1-5-21-11-16)10-22-19(25)13-7-14(23(26)27)9-15(8-13)24(28)29/h1-9,11H,10H2,(H,22,25). The SMILES string of the molecule is O=C(NCc1ccc(Oc2cccnc2)c(F)c1)c1cc([N+](=O)[O-])cc([N+](=O)[O-])c1. The molecule has 0 saturated heterocycles. The number of nitrogens with one attached hydrogen (secondary N) is 1. The van der Waals surface area contributed by atoms with E-state index in [1.165, 1.54) is 18.3 Å². The van der Waals surface area contributed by atoms with Gasteiger partial charge in [-0.05, 0) is 29.8 Å². The number of amides is 1. The van der Waals surface area contributed by atoms with Gasteiger partial charge in [0.2, 0.25) is 0 Å². The van der Waals surface area contributed by atoms with Crippen molar-refractivity contribution in [2.24, 2.45) is 0 Å². The van der Waals surface area contributed by atoms with Crippen LogP contribution in [0.2, 0.25) is 0 Å². The molecule has 0 spiro atoms. The first-order valence-electron chi connectivity index (χ1n) is 8.42. The fraction of sp³-hybridized carbons (Fsp3) is 0.0526. The number of nitrogens with zero attached hydrogens (tertiary/aromatic N) is 3. The van der Waals surface area contributed by atoms with Crippen LogP contribution in [0.25, 0.3) is 0 Å². The van der Waals surface area contributed by atoms with Crippen LogP contribution in [-0.2, 0) is 6.54 Å². The van der Waals surface area contributed by atoms with Crippen molar-refractivity contribution >= 4 is 17.3 Å². The van der Waals surface area contributed by atoms with Crippen LogP contribution >= 0.6 is 0 Å². The topological polar surface area (TPSA) is 138 Å². The van der Waals surface area contributed by atoms with Crippen LogP contribution in [0.1, 0.15) is 15.9 Å². The number of aromatic nitrogens is 1. The Hall–Kier alpha value is -4.41. The second kappa shape index (κ2) is 8.73. The Labute approximate surface area is 168 Å². The number of halogens is 1. The van der Waals surface area contributed by atoms with Gasteiger partial charge in [0.25, 0.3) is 17.3 Å². The Balaban J connectivity index is 1.71. The summed E-state index contributed by atoms with van der Waals surface area (Å²) in [7, 11) is 0. The maximum atomic E-state index is 14.3. The minimum Gasteiger partial charge on any atom is -0.453 e. The fourth-order valence-corrected chi connectivity index (χ4v) is 2.49. The molecule has 2 aromatic carbocycles. The summed E-state index contributed by atoms with van der Waals surface area (Å²) in [5.74, 6) is -1.13. The van der Waals surface area contributed by atoms with Crippen LogP contribution in [0.4, 0.5) is 15.8 Å². The lowest BCUT2D eigenvalue weighted by Crippen LogP contribution is -2.23. The number of rotatable bonds is 7. The first kappa shape index (κ1) is 20.3. The van der Waals surface area contributed by atoms with Crippen molar-refractivity contribution in [2.45, 2.75) is 6.54 Å². The van der Waals surface area contributed by atoms with E-state index in [9.17, 15) is 29.4 Å². The van der Waals surface area contributed by atoms with Gasteiger partial charge in [0.05, 0.1) is 27.7 Å². The quantitative estimate of drug-likeness (QED) is 0.460. The molecule has 0 aliphatic carbocycles. The summed E-state index contributed by atoms with van der Waals surface area (Å²) in [4.78, 5) is 36.3. The van der Waals surface area contributed by atoms with E-state index in [0.29, 0.717) is 11.3 Å². The molecule has 30 heavy (non-hydrogen) atoms. The van der Waals surface area contributed by atoms with Crippen molar-refractivity contribution < 1.29 is 23.8 Å². The molecule has 3 rings (SSSR count). The van der Waals surface area contributed by atoms with Gasteiger partial charge in [-0.2, -0.15) is 0 Å². The minimum atomic E-state index is -0.833. The molecule has 0 unspecified atom stereocenters. The second-order valence-corrected chi connectivity index (χ2v) is 5.99. The largest absolute Gasteiger partial charge is 0.453 e. The third-order valence-corrected chi connectivity index (χ3v) is 3.90. The van der Waals surface area contributed by atoms with Gasteiger partial charge in [-0.3, -0.25) is 30.0 Å². The van der Waals surface area contributed by atoms with E-state index in [1.807, 2.05) is 0 Å². The van der Waals surface area contributed by atoms with Crippen LogP contribution in [0.3, 0.4) is 0 Å². The van der Waals surface area contributed by atoms with Gasteiger partial charge in [0, 0.05) is 24.9 Å². The molecule has 1 N–H and O–H groups in total. The fourth-order valence-electron chi connectivity index (χ4n) is 2.49. The molecule has 1 aromatic heterocycles. The molecule has 1 heterocycles. The Morgan fingerprint density at radius 1 is 1.07 bits per heavy atom. The predicted octanol–water partition coefficient (Wildman–Crippen LogP) is 3.76. The highest BCUT2D eigenvalue weighted by Crippen LogP contribution is 2.25. The number of carbonyl (C=O) groups excluding carboxylic acids is 1. The third-order valence-electron chi connectivity index (χ3n) is 3.90. The van der Waals surface area contributed by atoms with E-state index in [0.717, 1.165) is 24.3 Å². The molecule has 0 atom stereocenters. The number of carbonyl (C=O) groups is 1. The first-order valence-corrected chi connectivity index (χ1v) is 8.42. The maximum absolute atomic E-state index is 14.3. The van der Waals surface area contributed by atoms with Crippen molar-refractivity contribution in [3.8, 4) is 11.5 Å². The van der Waals surface area contributed by atoms with E-state index in [4.69, 9.17) is 4.74 Å². The van der Waals surface area contributed by atoms with Crippen molar-refractivity contribution in [1.29, 1.82) is 0 Å². The summed E-state index contributed by atoms with van der Waals surface area (Å²) in [5.41, 5.74) is -1.04. The zero-order valence-electron chi connectivity index (χ0n) is 15.1. The van der Waals surface area contributed by atoms with Gasteiger partial charge in [-0.25, -0.2) is 4.39 Å². The third kappa shape index (κ3) is 4.90. The van der Waals surface area contributed by atoms with Gasteiger partial charge in [-0.1, -0.05) is 6.07 Å². The van der Waals surface area contributed by atoms with Gasteiger partial charge in [0.1, 0.15) is 5.75 Å². The zero-order chi connectivity index (χ0) is 21.7. The van der Waals surface area contributed by atoms with Crippen molar-refractivity contribution in [1.82, 2.24) is 10.3 Å². The summed E-state index contributed by atoms with van der Waals surface area (Å²) >= 11 is 0. The molecule has 0 aliphatic rings. The van der Waals surface area contributed by atoms with Crippen LogP contribution in [0.15, 0.2) is 60.9 Å². The Bertz CT molecular complexity index is 1090. The van der Waals surface area contributed by atoms with Crippen LogP contribution in [0.5, 0.6) is 11.5 Å². The molecule has 10 nitrogen and oxygen atoms in total. The molecule has 0 bridgehead atoms. The lowest BCUT2D eigenvalue weighted by atomic mass is 10.1. The van der Waals surface area contributed by atoms with Gasteiger partial charge in [-0.15, -0.1) is 0 Å². The van der Waals surface area contributed by atoms with Crippen LogP contribution in [-0.4, -0.2) is 20.7 Å². The zero-order valence-corrected chi connectivity index (χ0v) is 15.1. The smallest absolute Gasteiger partial charge is 0.277 e. The predicted molar refractivity (Wildman–Crippen MR) is 102 cm³/mol. The van der Waals surface area contributed by atoms with E-state index >= 15 is 0 Å². The normalized spacial score (nSPS) is 10.3. The van der Waals surface area contributed by atoms with Gasteiger partial charge >= 0.3 is 0 Å². The molecule has 3 aromatic rings. The van der Waals surface area contributed by atoms with E-state index in [1.54, 1.807) is 18.3 Å². The molecular formula is C19H13FN4O6. The Morgan fingerprint density at radius 2 is 1.77 bits per heavy atom. The maximum Gasteiger partial charge on any atom is 0.277 e. The molecular weight excluding hydrogens is 399 g/mol. The molecule has 1 amide bonds. The Morgan fingerprint density at radius 3 is 2.33 bits per heavy atom. The van der Waals surface area contributed by atoms with Gasteiger partial charge in [0.15, 0.2) is 11.6 Å². The Kier molecular flexibility index (Phi) is 5.92. The number of ether oxygens (including phenoxy) is 1. The number of nitro groups is 2. The summed E-state index contributed by atoms with van der Waals surface area (Å²) in [6, 6.07) is 9.90. The highest BCUT2D eigenvalue weighted by Gasteiger charge is 2.20. The monoisotopic (exact) mass is 412 g/mol. The van der Waals surface area contributed by atoms with Crippen molar-refractivity contribution in [2.75, 3.05) is 0 Å². The number of pyridine rings is 1. The average Bonchev–Trinajstić information content (AvgIpc) is 2.74. The number of benzene rings is 2. The molecule has 152 valence electrons. The lowest BCUT2D eigenvalue weighted by molar-refractivity contribution is -0.394. The van der Waals surface area contributed by atoms with E-state index in [2.05, 4.69) is 10.3 Å². The highest BCUT2D eigenvalue weighted by molar-refractivity contribution is 5.95. The molecule has 0 fully saturated rings. The summed E-state index contributed by atoms with van der Waals surface area (Å²) in [6.45, 7) is -0.112. The first-order chi connectivity index (χ1) is 14.3.